The van der Waals surface area contributed by atoms with Crippen LogP contribution in [-0.2, 0) is 80.0 Å². The number of rotatable bonds is 15. The lowest BCUT2D eigenvalue weighted by Gasteiger charge is -2.30. The van der Waals surface area contributed by atoms with E-state index in [2.05, 4.69) is 49.8 Å². The van der Waals surface area contributed by atoms with Gasteiger partial charge in [0.15, 0.2) is 5.71 Å². The zero-order valence-corrected chi connectivity index (χ0v) is 47.8. The summed E-state index contributed by atoms with van der Waals surface area (Å²) in [6, 6.07) is 4.20. The van der Waals surface area contributed by atoms with E-state index in [4.69, 9.17) is 28.8 Å². The second-order valence-corrected chi connectivity index (χ2v) is 22.5. The number of nitrogens with zero attached hydrogens (tertiary/aromatic N) is 4. The highest BCUT2D eigenvalue weighted by Gasteiger charge is 2.47. The summed E-state index contributed by atoms with van der Waals surface area (Å²) in [5, 5.41) is 9.18. The van der Waals surface area contributed by atoms with Crippen molar-refractivity contribution in [3.05, 3.63) is 81.6 Å². The number of ether oxygens (including phenoxy) is 4. The van der Waals surface area contributed by atoms with Gasteiger partial charge in [0.1, 0.15) is 18.8 Å². The number of nitrogens with one attached hydrogen (secondary N) is 3. The number of imide groups is 1. The maximum atomic E-state index is 13.5. The second-order valence-electron chi connectivity index (χ2n) is 20.1. The van der Waals surface area contributed by atoms with Crippen molar-refractivity contribution in [2.45, 2.75) is 133 Å². The standard InChI is InChI=1S/C55H74BrN7O14S/c1-38-34-40(78(70,71)72)36-41-51(38)62-27-33-76-28-20-46(64)57-24-13-11-14-43(53(69)58-25-12-7-10-17-50(68)77-63-48(66)18-19-49(63)67)59-47(65)21-29-75-32-26-61-37-39(56)35-42-52(61)60-44(54(42,2)22-30-73-4)15-8-6-9-16-45(62)55(41,3)23-31-74-5/h6,8-9,15-16,34-37,43H,7,10-14,17-33H2,1-5H3,(H3-,57,58,59,64,65,69,70,71,72)/p+1. The van der Waals surface area contributed by atoms with Gasteiger partial charge >= 0.3 is 11.8 Å². The molecule has 5 heterocycles. The highest BCUT2D eigenvalue weighted by Crippen LogP contribution is 2.52. The van der Waals surface area contributed by atoms with Gasteiger partial charge in [-0.1, -0.05) is 24.6 Å². The molecule has 23 heteroatoms. The molecule has 0 radical (unpaired) electrons. The molecule has 0 spiro atoms. The Hall–Kier alpha value is -5.69. The molecule has 4 N–H and O–H groups in total. The Balaban J connectivity index is 1.18. The summed E-state index contributed by atoms with van der Waals surface area (Å²) < 4.78 is 61.3. The molecule has 1 aromatic carbocycles. The number of allylic oxidation sites excluding steroid dienone is 6. The van der Waals surface area contributed by atoms with Crippen LogP contribution >= 0.6 is 15.9 Å². The van der Waals surface area contributed by atoms with E-state index in [0.717, 1.165) is 38.5 Å². The van der Waals surface area contributed by atoms with Crippen molar-refractivity contribution in [3.8, 4) is 0 Å². The van der Waals surface area contributed by atoms with Crippen LogP contribution in [0.3, 0.4) is 0 Å². The normalized spacial score (nSPS) is 22.7. The molecule has 2 aromatic rings. The van der Waals surface area contributed by atoms with Crippen molar-refractivity contribution in [3.63, 3.8) is 0 Å². The van der Waals surface area contributed by atoms with Crippen molar-refractivity contribution in [1.29, 1.82) is 0 Å². The number of hydrogen-bond donors (Lipinski definition) is 4. The summed E-state index contributed by atoms with van der Waals surface area (Å²) in [7, 11) is -1.26. The fourth-order valence-electron chi connectivity index (χ4n) is 10.0. The summed E-state index contributed by atoms with van der Waals surface area (Å²) in [5.74, 6) is -1.96. The number of halogens is 1. The van der Waals surface area contributed by atoms with Gasteiger partial charge in [0.05, 0.1) is 46.8 Å². The summed E-state index contributed by atoms with van der Waals surface area (Å²) >= 11 is 3.71. The first-order chi connectivity index (χ1) is 37.3. The van der Waals surface area contributed by atoms with Gasteiger partial charge in [-0.3, -0.25) is 28.5 Å². The molecule has 0 aliphatic carbocycles. The van der Waals surface area contributed by atoms with E-state index < -0.39 is 44.8 Å². The van der Waals surface area contributed by atoms with Gasteiger partial charge in [-0.15, -0.1) is 5.06 Å². The van der Waals surface area contributed by atoms with Crippen molar-refractivity contribution < 1.29 is 70.1 Å². The summed E-state index contributed by atoms with van der Waals surface area (Å²) in [4.78, 5) is 87.5. The van der Waals surface area contributed by atoms with Gasteiger partial charge in [0, 0.05) is 96.0 Å². The minimum Gasteiger partial charge on any atom is -0.385 e. The smallest absolute Gasteiger partial charge is 0.333 e. The average molecular weight is 1170 g/mol. The summed E-state index contributed by atoms with van der Waals surface area (Å²) in [6.45, 7) is 8.95. The molecule has 5 amide bonds. The molecule has 78 heavy (non-hydrogen) atoms. The number of pyridine rings is 1. The molecule has 2 bridgehead atoms. The lowest BCUT2D eigenvalue weighted by Crippen LogP contribution is -2.47. The fraction of sp³-hybridized carbons (Fsp3) is 0.564. The number of anilines is 1. The number of unbranched alkanes of at least 4 members (excludes halogenated alkanes) is 2. The van der Waals surface area contributed by atoms with E-state index in [0.29, 0.717) is 94.8 Å². The van der Waals surface area contributed by atoms with Crippen molar-refractivity contribution in [2.75, 3.05) is 78.4 Å². The number of hydroxylamine groups is 2. The highest BCUT2D eigenvalue weighted by molar-refractivity contribution is 9.10. The molecule has 1 saturated heterocycles. The van der Waals surface area contributed by atoms with Crippen LogP contribution in [0.1, 0.15) is 114 Å². The van der Waals surface area contributed by atoms with Crippen LogP contribution < -0.4 is 25.4 Å². The van der Waals surface area contributed by atoms with Crippen LogP contribution in [0.15, 0.2) is 74.8 Å². The van der Waals surface area contributed by atoms with Crippen LogP contribution in [0.2, 0.25) is 0 Å². The zero-order valence-electron chi connectivity index (χ0n) is 45.4. The first-order valence-corrected chi connectivity index (χ1v) is 28.9. The zero-order chi connectivity index (χ0) is 56.5. The highest BCUT2D eigenvalue weighted by atomic mass is 79.9. The van der Waals surface area contributed by atoms with Crippen LogP contribution in [0, 0.1) is 6.92 Å². The minimum absolute atomic E-state index is 0.00620. The van der Waals surface area contributed by atoms with Crippen molar-refractivity contribution >= 4 is 78.8 Å². The number of methoxy groups -OCH3 is 2. The van der Waals surface area contributed by atoms with Crippen LogP contribution in [0.25, 0.3) is 0 Å². The van der Waals surface area contributed by atoms with Gasteiger partial charge < -0.3 is 44.6 Å². The molecular formula is C55H75BrN7O14S+. The molecule has 426 valence electrons. The lowest BCUT2D eigenvalue weighted by atomic mass is 9.77. The minimum atomic E-state index is -4.53. The number of carbonyl (C=O) groups excluding carboxylic acids is 6. The molecule has 1 fully saturated rings. The number of amides is 5. The Bertz CT molecular complexity index is 2750. The maximum Gasteiger partial charge on any atom is 0.333 e. The number of carbonyl (C=O) groups is 6. The molecule has 4 aliphatic heterocycles. The Morgan fingerprint density at radius 2 is 1.59 bits per heavy atom. The molecule has 6 rings (SSSR count). The van der Waals surface area contributed by atoms with E-state index in [-0.39, 0.29) is 87.7 Å². The first-order valence-electron chi connectivity index (χ1n) is 26.6. The van der Waals surface area contributed by atoms with Crippen molar-refractivity contribution in [1.82, 2.24) is 21.0 Å². The molecule has 1 aromatic heterocycles. The van der Waals surface area contributed by atoms with E-state index in [1.54, 1.807) is 14.2 Å². The van der Waals surface area contributed by atoms with E-state index in [1.807, 2.05) is 55.0 Å². The average Bonchev–Trinajstić information content (AvgIpc) is 4.03. The third-order valence-corrected chi connectivity index (χ3v) is 15.7. The quantitative estimate of drug-likeness (QED) is 0.0757. The molecule has 3 unspecified atom stereocenters. The SMILES string of the molecule is COCCC1(C)C2=C/C=C/C=CC3=Nc4c(cc(Br)c[n+]4CCOCCC(=O)NC(C(=O)NCCCCCC(=O)ON4C(=O)CCC4=O)CCCCNC(=O)CCOCCN2c2c(C)cc(S(=O)(=O)O)cc21)C3(C)CCOC. The third-order valence-electron chi connectivity index (χ3n) is 14.4. The molecule has 4 aliphatic rings. The van der Waals surface area contributed by atoms with E-state index >= 15 is 0 Å². The van der Waals surface area contributed by atoms with Crippen LogP contribution in [0.4, 0.5) is 11.5 Å². The molecule has 3 atom stereocenters. The second kappa shape index (κ2) is 29.0. The largest absolute Gasteiger partial charge is 0.385 e. The number of hydrogen-bond acceptors (Lipinski definition) is 15. The number of aliphatic imine (C=N–C) groups is 1. The van der Waals surface area contributed by atoms with Gasteiger partial charge in [-0.25, -0.2) is 9.36 Å². The van der Waals surface area contributed by atoms with Gasteiger partial charge in [0.2, 0.25) is 17.7 Å². The summed E-state index contributed by atoms with van der Waals surface area (Å²) in [6.07, 6.45) is 15.8. The monoisotopic (exact) mass is 1170 g/mol. The van der Waals surface area contributed by atoms with Crippen LogP contribution in [0.5, 0.6) is 0 Å². The fourth-order valence-corrected chi connectivity index (χ4v) is 11.1. The predicted octanol–water partition coefficient (Wildman–Crippen LogP) is 5.36. The number of benzene rings is 1. The molecular weight excluding hydrogens is 1090 g/mol. The number of aryl methyl sites for hydroxylation is 1. The molecule has 21 nitrogen and oxygen atoms in total. The van der Waals surface area contributed by atoms with Gasteiger partial charge in [-0.2, -0.15) is 8.42 Å². The molecule has 0 saturated carbocycles. The Labute approximate surface area is 465 Å². The Morgan fingerprint density at radius 3 is 2.31 bits per heavy atom. The Kier molecular flexibility index (Phi) is 22.9. The number of aromatic nitrogens is 1. The maximum absolute atomic E-state index is 13.5. The van der Waals surface area contributed by atoms with E-state index in [1.165, 1.54) is 12.1 Å². The van der Waals surface area contributed by atoms with Gasteiger partial charge in [0.25, 0.3) is 21.9 Å². The predicted molar refractivity (Wildman–Crippen MR) is 292 cm³/mol. The van der Waals surface area contributed by atoms with Crippen molar-refractivity contribution in [2.24, 2.45) is 4.99 Å². The van der Waals surface area contributed by atoms with E-state index in [9.17, 15) is 41.7 Å². The first kappa shape index (κ1) is 61.5. The van der Waals surface area contributed by atoms with Gasteiger partial charge in [-0.05, 0) is 128 Å². The lowest BCUT2D eigenvalue weighted by molar-refractivity contribution is -0.686. The Morgan fingerprint density at radius 1 is 0.885 bits per heavy atom. The number of fused-ring (bicyclic) bond motifs is 3. The summed E-state index contributed by atoms with van der Waals surface area (Å²) in [5.41, 5.74) is 3.59. The third kappa shape index (κ3) is 16.2. The topological polar surface area (TPSA) is 262 Å². The van der Waals surface area contributed by atoms with Crippen LogP contribution in [-0.4, -0.2) is 139 Å².